The molecule has 1 saturated heterocycles. The largest absolute Gasteiger partial charge is 0.490 e. The summed E-state index contributed by atoms with van der Waals surface area (Å²) in [5.74, 6) is 1.48. The van der Waals surface area contributed by atoms with Crippen LogP contribution in [0.25, 0.3) is 6.08 Å². The molecule has 0 bridgehead atoms. The van der Waals surface area contributed by atoms with Crippen molar-refractivity contribution in [1.29, 1.82) is 0 Å². The zero-order valence-electron chi connectivity index (χ0n) is 17.7. The lowest BCUT2D eigenvalue weighted by Gasteiger charge is -2.14. The molecule has 1 amide bonds. The van der Waals surface area contributed by atoms with E-state index >= 15 is 0 Å². The highest BCUT2D eigenvalue weighted by atomic mass is 32.2. The molecule has 1 aliphatic rings. The molecule has 4 rings (SSSR count). The number of nitrogens with zero attached hydrogens (tertiary/aromatic N) is 1. The van der Waals surface area contributed by atoms with Gasteiger partial charge in [-0.25, -0.2) is 0 Å². The molecule has 4 nitrogen and oxygen atoms in total. The molecule has 1 heterocycles. The summed E-state index contributed by atoms with van der Waals surface area (Å²) in [6.45, 7) is 3.40. The van der Waals surface area contributed by atoms with Gasteiger partial charge in [0.15, 0.2) is 0 Å². The minimum atomic E-state index is -0.0679. The molecule has 0 aliphatic carbocycles. The van der Waals surface area contributed by atoms with E-state index in [-0.39, 0.29) is 5.91 Å². The van der Waals surface area contributed by atoms with Gasteiger partial charge in [0.25, 0.3) is 5.91 Å². The third-order valence-electron chi connectivity index (χ3n) is 4.85. The lowest BCUT2D eigenvalue weighted by molar-refractivity contribution is -0.122. The standard InChI is InChI=1S/C26H23NO3S2/c1-19-10-12-22(13-11-19)29-14-15-30-23-9-5-8-21(16-23)17-24-25(28)27(26(31)32-24)18-20-6-3-2-4-7-20/h2-13,16-17H,14-15,18H2,1H3/b24-17-. The van der Waals surface area contributed by atoms with E-state index in [2.05, 4.69) is 0 Å². The minimum absolute atomic E-state index is 0.0679. The SMILES string of the molecule is Cc1ccc(OCCOc2cccc(/C=C3\SC(=S)N(Cc4ccccc4)C3=O)c2)cc1. The number of benzene rings is 3. The number of hydrogen-bond donors (Lipinski definition) is 0. The Morgan fingerprint density at radius 1 is 0.906 bits per heavy atom. The Morgan fingerprint density at radius 2 is 1.62 bits per heavy atom. The van der Waals surface area contributed by atoms with Gasteiger partial charge in [-0.05, 0) is 48.4 Å². The van der Waals surface area contributed by atoms with E-state index in [1.54, 1.807) is 4.90 Å². The van der Waals surface area contributed by atoms with Crippen molar-refractivity contribution in [2.75, 3.05) is 13.2 Å². The van der Waals surface area contributed by atoms with Crippen LogP contribution in [0.1, 0.15) is 16.7 Å². The van der Waals surface area contributed by atoms with Crippen LogP contribution >= 0.6 is 24.0 Å². The van der Waals surface area contributed by atoms with Crippen molar-refractivity contribution >= 4 is 40.3 Å². The fourth-order valence-corrected chi connectivity index (χ4v) is 4.46. The molecule has 0 N–H and O–H groups in total. The van der Waals surface area contributed by atoms with Gasteiger partial charge in [-0.3, -0.25) is 9.69 Å². The van der Waals surface area contributed by atoms with E-state index in [1.807, 2.05) is 91.9 Å². The number of hydrogen-bond acceptors (Lipinski definition) is 5. The van der Waals surface area contributed by atoms with Gasteiger partial charge in [-0.2, -0.15) is 0 Å². The third-order valence-corrected chi connectivity index (χ3v) is 6.23. The van der Waals surface area contributed by atoms with Crippen LogP contribution in [0.3, 0.4) is 0 Å². The first kappa shape index (κ1) is 22.1. The average Bonchev–Trinajstić information content (AvgIpc) is 3.06. The van der Waals surface area contributed by atoms with Gasteiger partial charge in [0.1, 0.15) is 29.0 Å². The Labute approximate surface area is 197 Å². The van der Waals surface area contributed by atoms with Crippen LogP contribution in [-0.2, 0) is 11.3 Å². The minimum Gasteiger partial charge on any atom is -0.490 e. The van der Waals surface area contributed by atoms with Crippen LogP contribution in [0.2, 0.25) is 0 Å². The van der Waals surface area contributed by atoms with Gasteiger partial charge in [0.05, 0.1) is 11.4 Å². The molecule has 0 saturated carbocycles. The second-order valence-corrected chi connectivity index (χ2v) is 9.01. The van der Waals surface area contributed by atoms with Crippen LogP contribution in [0.4, 0.5) is 0 Å². The highest BCUT2D eigenvalue weighted by molar-refractivity contribution is 8.26. The first-order chi connectivity index (χ1) is 15.6. The zero-order valence-corrected chi connectivity index (χ0v) is 19.3. The maximum Gasteiger partial charge on any atom is 0.266 e. The van der Waals surface area contributed by atoms with Crippen molar-refractivity contribution in [2.45, 2.75) is 13.5 Å². The average molecular weight is 462 g/mol. The molecular weight excluding hydrogens is 438 g/mol. The van der Waals surface area contributed by atoms with Crippen molar-refractivity contribution in [3.8, 4) is 11.5 Å². The summed E-state index contributed by atoms with van der Waals surface area (Å²) >= 11 is 6.77. The van der Waals surface area contributed by atoms with Crippen molar-refractivity contribution in [2.24, 2.45) is 0 Å². The molecule has 0 atom stereocenters. The quantitative estimate of drug-likeness (QED) is 0.239. The maximum absolute atomic E-state index is 12.9. The second-order valence-electron chi connectivity index (χ2n) is 7.34. The number of carbonyl (C=O) groups is 1. The van der Waals surface area contributed by atoms with Crippen molar-refractivity contribution in [3.63, 3.8) is 0 Å². The summed E-state index contributed by atoms with van der Waals surface area (Å²) in [4.78, 5) is 15.1. The number of ether oxygens (including phenoxy) is 2. The number of thioether (sulfide) groups is 1. The van der Waals surface area contributed by atoms with E-state index < -0.39 is 0 Å². The smallest absolute Gasteiger partial charge is 0.266 e. The molecule has 162 valence electrons. The fourth-order valence-electron chi connectivity index (χ4n) is 3.20. The number of rotatable bonds is 8. The van der Waals surface area contributed by atoms with Gasteiger partial charge in [0, 0.05) is 0 Å². The molecule has 1 aliphatic heterocycles. The Hall–Kier alpha value is -3.09. The molecule has 0 aromatic heterocycles. The second kappa shape index (κ2) is 10.5. The molecule has 0 spiro atoms. The van der Waals surface area contributed by atoms with E-state index in [1.165, 1.54) is 17.3 Å². The summed E-state index contributed by atoms with van der Waals surface area (Å²) in [6, 6.07) is 25.4. The summed E-state index contributed by atoms with van der Waals surface area (Å²) in [7, 11) is 0. The molecule has 3 aromatic carbocycles. The number of aryl methyl sites for hydroxylation is 1. The van der Waals surface area contributed by atoms with Gasteiger partial charge in [-0.1, -0.05) is 84.1 Å². The lowest BCUT2D eigenvalue weighted by atomic mass is 10.2. The first-order valence-electron chi connectivity index (χ1n) is 10.3. The topological polar surface area (TPSA) is 38.8 Å². The fraction of sp³-hybridized carbons (Fsp3) is 0.154. The number of thiocarbonyl (C=S) groups is 1. The first-order valence-corrected chi connectivity index (χ1v) is 11.5. The van der Waals surface area contributed by atoms with Crippen molar-refractivity contribution in [3.05, 3.63) is 100 Å². The van der Waals surface area contributed by atoms with Crippen LogP contribution in [0.5, 0.6) is 11.5 Å². The molecule has 6 heteroatoms. The van der Waals surface area contributed by atoms with E-state index in [0.29, 0.717) is 29.0 Å². The Morgan fingerprint density at radius 3 is 2.38 bits per heavy atom. The van der Waals surface area contributed by atoms with Crippen LogP contribution in [0.15, 0.2) is 83.8 Å². The monoisotopic (exact) mass is 461 g/mol. The molecule has 0 radical (unpaired) electrons. The van der Waals surface area contributed by atoms with Crippen LogP contribution in [-0.4, -0.2) is 28.3 Å². The summed E-state index contributed by atoms with van der Waals surface area (Å²) in [5, 5.41) is 0. The molecular formula is C26H23NO3S2. The van der Waals surface area contributed by atoms with E-state index in [0.717, 1.165) is 22.6 Å². The third kappa shape index (κ3) is 5.78. The number of amides is 1. The van der Waals surface area contributed by atoms with E-state index in [9.17, 15) is 4.79 Å². The highest BCUT2D eigenvalue weighted by Crippen LogP contribution is 2.34. The van der Waals surface area contributed by atoms with Crippen molar-refractivity contribution < 1.29 is 14.3 Å². The van der Waals surface area contributed by atoms with Gasteiger partial charge < -0.3 is 9.47 Å². The predicted molar refractivity (Wildman–Crippen MR) is 134 cm³/mol. The maximum atomic E-state index is 12.9. The predicted octanol–water partition coefficient (Wildman–Crippen LogP) is 5.85. The molecule has 1 fully saturated rings. The number of carbonyl (C=O) groups excluding carboxylic acids is 1. The molecule has 0 unspecified atom stereocenters. The Bertz CT molecular complexity index is 1130. The van der Waals surface area contributed by atoms with Gasteiger partial charge in [-0.15, -0.1) is 0 Å². The van der Waals surface area contributed by atoms with Crippen molar-refractivity contribution in [1.82, 2.24) is 4.90 Å². The Kier molecular flexibility index (Phi) is 7.24. The summed E-state index contributed by atoms with van der Waals surface area (Å²) in [6.07, 6.45) is 1.86. The van der Waals surface area contributed by atoms with Crippen LogP contribution in [0, 0.1) is 6.92 Å². The van der Waals surface area contributed by atoms with Crippen LogP contribution < -0.4 is 9.47 Å². The van der Waals surface area contributed by atoms with Gasteiger partial charge in [0.2, 0.25) is 0 Å². The van der Waals surface area contributed by atoms with E-state index in [4.69, 9.17) is 21.7 Å². The summed E-state index contributed by atoms with van der Waals surface area (Å²) in [5.41, 5.74) is 3.14. The lowest BCUT2D eigenvalue weighted by Crippen LogP contribution is -2.27. The Balaban J connectivity index is 1.35. The zero-order chi connectivity index (χ0) is 22.3. The normalized spacial score (nSPS) is 14.8. The summed E-state index contributed by atoms with van der Waals surface area (Å²) < 4.78 is 12.1. The molecule has 3 aromatic rings. The van der Waals surface area contributed by atoms with Gasteiger partial charge >= 0.3 is 0 Å². The highest BCUT2D eigenvalue weighted by Gasteiger charge is 2.31. The molecule has 32 heavy (non-hydrogen) atoms.